The molecule has 0 bridgehead atoms. The SMILES string of the molecule is CCc1nc(C(C)C(=O)O)n[nH]1. The summed E-state index contributed by atoms with van der Waals surface area (Å²) in [4.78, 5) is 14.5. The predicted molar refractivity (Wildman–Crippen MR) is 41.8 cm³/mol. The van der Waals surface area contributed by atoms with Crippen LogP contribution in [0, 0.1) is 0 Å². The van der Waals surface area contributed by atoms with Crippen LogP contribution in [0.2, 0.25) is 0 Å². The number of hydrogen-bond donors (Lipinski definition) is 2. The number of nitrogens with zero attached hydrogens (tertiary/aromatic N) is 2. The van der Waals surface area contributed by atoms with E-state index in [0.717, 1.165) is 12.2 Å². The third-order valence-corrected chi connectivity index (χ3v) is 1.64. The zero-order valence-electron chi connectivity index (χ0n) is 7.03. The van der Waals surface area contributed by atoms with E-state index in [1.54, 1.807) is 6.92 Å². The Bertz CT molecular complexity index is 282. The molecule has 0 saturated heterocycles. The van der Waals surface area contributed by atoms with E-state index in [1.807, 2.05) is 6.92 Å². The molecule has 1 aromatic heterocycles. The topological polar surface area (TPSA) is 78.9 Å². The second-order valence-corrected chi connectivity index (χ2v) is 2.55. The highest BCUT2D eigenvalue weighted by atomic mass is 16.4. The summed E-state index contributed by atoms with van der Waals surface area (Å²) in [6.07, 6.45) is 0.735. The average molecular weight is 169 g/mol. The molecule has 0 fully saturated rings. The van der Waals surface area contributed by atoms with Crippen molar-refractivity contribution in [2.24, 2.45) is 0 Å². The van der Waals surface area contributed by atoms with Crippen LogP contribution >= 0.6 is 0 Å². The lowest BCUT2D eigenvalue weighted by atomic mass is 10.2. The van der Waals surface area contributed by atoms with Crippen molar-refractivity contribution in [3.05, 3.63) is 11.6 Å². The van der Waals surface area contributed by atoms with Crippen LogP contribution in [-0.2, 0) is 11.2 Å². The molecular formula is C7H11N3O2. The van der Waals surface area contributed by atoms with E-state index in [2.05, 4.69) is 15.2 Å². The number of aromatic nitrogens is 3. The monoisotopic (exact) mass is 169 g/mol. The maximum Gasteiger partial charge on any atom is 0.314 e. The van der Waals surface area contributed by atoms with Gasteiger partial charge in [0.05, 0.1) is 0 Å². The minimum Gasteiger partial charge on any atom is -0.481 e. The molecular weight excluding hydrogens is 158 g/mol. The lowest BCUT2D eigenvalue weighted by molar-refractivity contribution is -0.138. The Hall–Kier alpha value is -1.39. The molecule has 5 heteroatoms. The number of aryl methyl sites for hydroxylation is 1. The predicted octanol–water partition coefficient (Wildman–Crippen LogP) is 0.555. The number of carbonyl (C=O) groups is 1. The number of rotatable bonds is 3. The molecule has 0 amide bonds. The maximum atomic E-state index is 10.5. The molecule has 0 radical (unpaired) electrons. The van der Waals surface area contributed by atoms with Crippen LogP contribution in [0.25, 0.3) is 0 Å². The van der Waals surface area contributed by atoms with Crippen LogP contribution in [0.15, 0.2) is 0 Å². The zero-order valence-corrected chi connectivity index (χ0v) is 7.03. The van der Waals surface area contributed by atoms with Crippen molar-refractivity contribution in [3.8, 4) is 0 Å². The van der Waals surface area contributed by atoms with E-state index in [-0.39, 0.29) is 0 Å². The second kappa shape index (κ2) is 3.34. The van der Waals surface area contributed by atoms with E-state index in [0.29, 0.717) is 5.82 Å². The summed E-state index contributed by atoms with van der Waals surface area (Å²) < 4.78 is 0. The third-order valence-electron chi connectivity index (χ3n) is 1.64. The molecule has 0 aromatic carbocycles. The molecule has 5 nitrogen and oxygen atoms in total. The molecule has 1 atom stereocenters. The Morgan fingerprint density at radius 2 is 2.42 bits per heavy atom. The van der Waals surface area contributed by atoms with Gasteiger partial charge in [-0.2, -0.15) is 5.10 Å². The van der Waals surface area contributed by atoms with Crippen molar-refractivity contribution in [1.29, 1.82) is 0 Å². The molecule has 0 spiro atoms. The quantitative estimate of drug-likeness (QED) is 0.692. The number of carboxylic acid groups (broad SMARTS) is 1. The van der Waals surface area contributed by atoms with Crippen LogP contribution in [-0.4, -0.2) is 26.3 Å². The van der Waals surface area contributed by atoms with Crippen molar-refractivity contribution in [2.45, 2.75) is 26.2 Å². The standard InChI is InChI=1S/C7H11N3O2/c1-3-5-8-6(10-9-5)4(2)7(11)12/h4H,3H2,1-2H3,(H,11,12)(H,8,9,10). The lowest BCUT2D eigenvalue weighted by Crippen LogP contribution is -2.09. The van der Waals surface area contributed by atoms with Gasteiger partial charge in [0.1, 0.15) is 11.7 Å². The Balaban J connectivity index is 2.81. The summed E-state index contributed by atoms with van der Waals surface area (Å²) in [5, 5.41) is 15.1. The normalized spacial score (nSPS) is 12.8. The molecule has 12 heavy (non-hydrogen) atoms. The molecule has 0 saturated carbocycles. The van der Waals surface area contributed by atoms with Gasteiger partial charge in [-0.25, -0.2) is 4.98 Å². The minimum atomic E-state index is -0.906. The Kier molecular flexibility index (Phi) is 2.42. The Morgan fingerprint density at radius 3 is 2.83 bits per heavy atom. The molecule has 2 N–H and O–H groups in total. The van der Waals surface area contributed by atoms with Gasteiger partial charge in [-0.3, -0.25) is 9.89 Å². The summed E-state index contributed by atoms with van der Waals surface area (Å²) in [5.74, 6) is -0.476. The Morgan fingerprint density at radius 1 is 1.75 bits per heavy atom. The van der Waals surface area contributed by atoms with Crippen molar-refractivity contribution in [2.75, 3.05) is 0 Å². The maximum absolute atomic E-state index is 10.5. The van der Waals surface area contributed by atoms with E-state index >= 15 is 0 Å². The van der Waals surface area contributed by atoms with Crippen LogP contribution in [0.4, 0.5) is 0 Å². The first-order valence-corrected chi connectivity index (χ1v) is 3.79. The fourth-order valence-electron chi connectivity index (χ4n) is 0.772. The molecule has 1 unspecified atom stereocenters. The molecule has 1 heterocycles. The highest BCUT2D eigenvalue weighted by Crippen LogP contribution is 2.09. The molecule has 0 aliphatic heterocycles. The number of H-pyrrole nitrogens is 1. The van der Waals surface area contributed by atoms with Crippen molar-refractivity contribution >= 4 is 5.97 Å². The molecule has 1 rings (SSSR count). The summed E-state index contributed by atoms with van der Waals surface area (Å²) in [7, 11) is 0. The largest absolute Gasteiger partial charge is 0.481 e. The van der Waals surface area contributed by atoms with Gasteiger partial charge in [0.2, 0.25) is 0 Å². The van der Waals surface area contributed by atoms with Gasteiger partial charge in [-0.1, -0.05) is 6.92 Å². The molecule has 0 aliphatic carbocycles. The fourth-order valence-corrected chi connectivity index (χ4v) is 0.772. The van der Waals surface area contributed by atoms with Gasteiger partial charge in [0, 0.05) is 6.42 Å². The number of nitrogens with one attached hydrogen (secondary N) is 1. The third kappa shape index (κ3) is 1.61. The first kappa shape index (κ1) is 8.70. The van der Waals surface area contributed by atoms with Crippen LogP contribution in [0.1, 0.15) is 31.4 Å². The van der Waals surface area contributed by atoms with E-state index < -0.39 is 11.9 Å². The van der Waals surface area contributed by atoms with Crippen LogP contribution in [0.5, 0.6) is 0 Å². The van der Waals surface area contributed by atoms with Crippen molar-refractivity contribution in [3.63, 3.8) is 0 Å². The number of aliphatic carboxylic acids is 1. The summed E-state index contributed by atoms with van der Waals surface area (Å²) in [6.45, 7) is 3.49. The van der Waals surface area contributed by atoms with Gasteiger partial charge in [-0.05, 0) is 6.92 Å². The van der Waals surface area contributed by atoms with Gasteiger partial charge < -0.3 is 5.11 Å². The average Bonchev–Trinajstić information content (AvgIpc) is 2.50. The lowest BCUT2D eigenvalue weighted by Gasteiger charge is -1.97. The smallest absolute Gasteiger partial charge is 0.314 e. The molecule has 66 valence electrons. The highest BCUT2D eigenvalue weighted by Gasteiger charge is 2.17. The minimum absolute atomic E-state index is 0.347. The van der Waals surface area contributed by atoms with Crippen LogP contribution < -0.4 is 0 Å². The summed E-state index contributed by atoms with van der Waals surface area (Å²) in [5.41, 5.74) is 0. The van der Waals surface area contributed by atoms with Crippen molar-refractivity contribution in [1.82, 2.24) is 15.2 Å². The van der Waals surface area contributed by atoms with Crippen molar-refractivity contribution < 1.29 is 9.90 Å². The number of carboxylic acids is 1. The summed E-state index contributed by atoms with van der Waals surface area (Å²) in [6, 6.07) is 0. The first-order valence-electron chi connectivity index (χ1n) is 3.79. The zero-order chi connectivity index (χ0) is 9.14. The van der Waals surface area contributed by atoms with E-state index in [1.165, 1.54) is 0 Å². The van der Waals surface area contributed by atoms with E-state index in [9.17, 15) is 4.79 Å². The van der Waals surface area contributed by atoms with Gasteiger partial charge in [-0.15, -0.1) is 0 Å². The highest BCUT2D eigenvalue weighted by molar-refractivity contribution is 5.74. The number of aromatic amines is 1. The molecule has 0 aliphatic rings. The summed E-state index contributed by atoms with van der Waals surface area (Å²) >= 11 is 0. The first-order chi connectivity index (χ1) is 5.65. The van der Waals surface area contributed by atoms with E-state index in [4.69, 9.17) is 5.11 Å². The Labute approximate surface area is 69.8 Å². The van der Waals surface area contributed by atoms with Crippen LogP contribution in [0.3, 0.4) is 0 Å². The second-order valence-electron chi connectivity index (χ2n) is 2.55. The van der Waals surface area contributed by atoms with Gasteiger partial charge in [0.15, 0.2) is 5.82 Å². The fraction of sp³-hybridized carbons (Fsp3) is 0.571. The molecule has 1 aromatic rings. The van der Waals surface area contributed by atoms with Gasteiger partial charge >= 0.3 is 5.97 Å². The number of hydrogen-bond acceptors (Lipinski definition) is 3. The van der Waals surface area contributed by atoms with Gasteiger partial charge in [0.25, 0.3) is 0 Å².